The van der Waals surface area contributed by atoms with Crippen molar-refractivity contribution in [3.8, 4) is 5.75 Å². The Labute approximate surface area is 143 Å². The van der Waals surface area contributed by atoms with E-state index in [0.717, 1.165) is 42.2 Å². The van der Waals surface area contributed by atoms with Crippen LogP contribution in [0.5, 0.6) is 5.75 Å². The molecular formula is C20H25N3O. The van der Waals surface area contributed by atoms with E-state index in [1.165, 1.54) is 16.6 Å². The number of nitrogen functional groups attached to an aromatic ring is 1. The summed E-state index contributed by atoms with van der Waals surface area (Å²) in [5, 5.41) is 0. The van der Waals surface area contributed by atoms with Crippen molar-refractivity contribution in [2.24, 2.45) is 0 Å². The van der Waals surface area contributed by atoms with Crippen LogP contribution in [0, 0.1) is 13.8 Å². The molecular weight excluding hydrogens is 298 g/mol. The van der Waals surface area contributed by atoms with E-state index in [9.17, 15) is 0 Å². The van der Waals surface area contributed by atoms with Gasteiger partial charge in [0.15, 0.2) is 0 Å². The standard InChI is InChI=1S/C20H25N3O/c1-4-20-22-18-12-14(2)15(3)13-19(18)23(20)10-5-11-24-17-8-6-16(21)7-9-17/h6-9,12-13H,4-5,10-11,21H2,1-3H3. The molecule has 0 spiro atoms. The zero-order chi connectivity index (χ0) is 17.1. The lowest BCUT2D eigenvalue weighted by molar-refractivity contribution is 0.302. The molecule has 3 rings (SSSR count). The van der Waals surface area contributed by atoms with Crippen molar-refractivity contribution in [2.45, 2.75) is 40.2 Å². The Hall–Kier alpha value is -2.49. The number of anilines is 1. The van der Waals surface area contributed by atoms with Crippen LogP contribution in [0.3, 0.4) is 0 Å². The first-order valence-corrected chi connectivity index (χ1v) is 8.53. The second-order valence-electron chi connectivity index (χ2n) is 6.23. The molecule has 0 saturated carbocycles. The number of aryl methyl sites for hydroxylation is 4. The molecule has 4 nitrogen and oxygen atoms in total. The average Bonchev–Trinajstić information content (AvgIpc) is 2.90. The van der Waals surface area contributed by atoms with E-state index in [1.807, 2.05) is 24.3 Å². The van der Waals surface area contributed by atoms with Crippen molar-refractivity contribution in [3.05, 3.63) is 53.3 Å². The van der Waals surface area contributed by atoms with Crippen molar-refractivity contribution in [2.75, 3.05) is 12.3 Å². The first-order valence-electron chi connectivity index (χ1n) is 8.53. The second kappa shape index (κ2) is 6.95. The van der Waals surface area contributed by atoms with E-state index in [4.69, 9.17) is 15.5 Å². The Bertz CT molecular complexity index is 834. The van der Waals surface area contributed by atoms with E-state index in [2.05, 4.69) is 37.5 Å². The Kier molecular flexibility index (Phi) is 4.74. The van der Waals surface area contributed by atoms with Crippen LogP contribution in [0.4, 0.5) is 5.69 Å². The van der Waals surface area contributed by atoms with Gasteiger partial charge in [-0.2, -0.15) is 0 Å². The second-order valence-corrected chi connectivity index (χ2v) is 6.23. The SMILES string of the molecule is CCc1nc2cc(C)c(C)cc2n1CCCOc1ccc(N)cc1. The van der Waals surface area contributed by atoms with Crippen LogP contribution in [0.15, 0.2) is 36.4 Å². The molecule has 126 valence electrons. The van der Waals surface area contributed by atoms with Crippen LogP contribution in [0.25, 0.3) is 11.0 Å². The lowest BCUT2D eigenvalue weighted by Crippen LogP contribution is -2.07. The maximum absolute atomic E-state index is 5.80. The summed E-state index contributed by atoms with van der Waals surface area (Å²) in [7, 11) is 0. The third-order valence-corrected chi connectivity index (χ3v) is 4.43. The molecule has 1 aromatic heterocycles. The molecule has 0 amide bonds. The molecule has 3 aromatic rings. The molecule has 0 aliphatic carbocycles. The minimum absolute atomic E-state index is 0.678. The minimum Gasteiger partial charge on any atom is -0.494 e. The average molecular weight is 323 g/mol. The van der Waals surface area contributed by atoms with Gasteiger partial charge < -0.3 is 15.0 Å². The molecule has 0 bridgehead atoms. The summed E-state index contributed by atoms with van der Waals surface area (Å²) < 4.78 is 8.13. The number of ether oxygens (including phenoxy) is 1. The lowest BCUT2D eigenvalue weighted by Gasteiger charge is -2.10. The predicted molar refractivity (Wildman–Crippen MR) is 99.6 cm³/mol. The highest BCUT2D eigenvalue weighted by molar-refractivity contribution is 5.78. The number of benzene rings is 2. The van der Waals surface area contributed by atoms with E-state index in [-0.39, 0.29) is 0 Å². The van der Waals surface area contributed by atoms with Gasteiger partial charge in [0.25, 0.3) is 0 Å². The summed E-state index contributed by atoms with van der Waals surface area (Å²) in [5.74, 6) is 2.00. The number of rotatable bonds is 6. The molecule has 0 saturated heterocycles. The monoisotopic (exact) mass is 323 g/mol. The normalized spacial score (nSPS) is 11.1. The van der Waals surface area contributed by atoms with Crippen molar-refractivity contribution in [3.63, 3.8) is 0 Å². The van der Waals surface area contributed by atoms with Crippen LogP contribution in [-0.4, -0.2) is 16.2 Å². The Morgan fingerprint density at radius 1 is 1.08 bits per heavy atom. The number of nitrogens with two attached hydrogens (primary N) is 1. The summed E-state index contributed by atoms with van der Waals surface area (Å²) in [6.07, 6.45) is 1.88. The highest BCUT2D eigenvalue weighted by atomic mass is 16.5. The predicted octanol–water partition coefficient (Wildman–Crippen LogP) is 4.27. The molecule has 0 radical (unpaired) electrons. The van der Waals surface area contributed by atoms with Gasteiger partial charge in [-0.15, -0.1) is 0 Å². The van der Waals surface area contributed by atoms with Crippen molar-refractivity contribution in [1.29, 1.82) is 0 Å². The van der Waals surface area contributed by atoms with Gasteiger partial charge in [0, 0.05) is 18.7 Å². The number of imidazole rings is 1. The van der Waals surface area contributed by atoms with E-state index in [1.54, 1.807) is 0 Å². The minimum atomic E-state index is 0.678. The van der Waals surface area contributed by atoms with Gasteiger partial charge in [-0.3, -0.25) is 0 Å². The number of hydrogen-bond acceptors (Lipinski definition) is 3. The smallest absolute Gasteiger partial charge is 0.119 e. The molecule has 0 unspecified atom stereocenters. The molecule has 2 aromatic carbocycles. The fourth-order valence-corrected chi connectivity index (χ4v) is 2.93. The summed E-state index contributed by atoms with van der Waals surface area (Å²) >= 11 is 0. The van der Waals surface area contributed by atoms with Gasteiger partial charge in [-0.05, 0) is 67.8 Å². The highest BCUT2D eigenvalue weighted by Gasteiger charge is 2.10. The molecule has 24 heavy (non-hydrogen) atoms. The van der Waals surface area contributed by atoms with Gasteiger partial charge >= 0.3 is 0 Å². The first kappa shape index (κ1) is 16.4. The molecule has 0 fully saturated rings. The van der Waals surface area contributed by atoms with Crippen LogP contribution in [0.2, 0.25) is 0 Å². The zero-order valence-corrected chi connectivity index (χ0v) is 14.7. The van der Waals surface area contributed by atoms with E-state index >= 15 is 0 Å². The van der Waals surface area contributed by atoms with Gasteiger partial charge in [-0.1, -0.05) is 6.92 Å². The van der Waals surface area contributed by atoms with Crippen molar-refractivity contribution < 1.29 is 4.74 Å². The number of hydrogen-bond donors (Lipinski definition) is 1. The molecule has 0 atom stereocenters. The van der Waals surface area contributed by atoms with Crippen LogP contribution in [0.1, 0.15) is 30.3 Å². The fourth-order valence-electron chi connectivity index (χ4n) is 2.93. The first-order chi connectivity index (χ1) is 11.6. The van der Waals surface area contributed by atoms with Crippen molar-refractivity contribution >= 4 is 16.7 Å². The van der Waals surface area contributed by atoms with Gasteiger partial charge in [-0.25, -0.2) is 4.98 Å². The molecule has 0 aliphatic heterocycles. The topological polar surface area (TPSA) is 53.1 Å². The maximum atomic E-state index is 5.80. The van der Waals surface area contributed by atoms with Gasteiger partial charge in [0.05, 0.1) is 17.6 Å². The molecule has 1 heterocycles. The highest BCUT2D eigenvalue weighted by Crippen LogP contribution is 2.22. The quantitative estimate of drug-likeness (QED) is 0.544. The molecule has 0 aliphatic rings. The number of aromatic nitrogens is 2. The van der Waals surface area contributed by atoms with E-state index < -0.39 is 0 Å². The largest absolute Gasteiger partial charge is 0.494 e. The lowest BCUT2D eigenvalue weighted by atomic mass is 10.1. The van der Waals surface area contributed by atoms with Crippen LogP contribution in [-0.2, 0) is 13.0 Å². The Balaban J connectivity index is 1.70. The third-order valence-electron chi connectivity index (χ3n) is 4.43. The van der Waals surface area contributed by atoms with Crippen LogP contribution >= 0.6 is 0 Å². The Morgan fingerprint density at radius 3 is 2.50 bits per heavy atom. The zero-order valence-electron chi connectivity index (χ0n) is 14.7. The van der Waals surface area contributed by atoms with E-state index in [0.29, 0.717) is 6.61 Å². The van der Waals surface area contributed by atoms with Crippen molar-refractivity contribution in [1.82, 2.24) is 9.55 Å². The van der Waals surface area contributed by atoms with Gasteiger partial charge in [0.1, 0.15) is 11.6 Å². The number of fused-ring (bicyclic) bond motifs is 1. The van der Waals surface area contributed by atoms with Crippen LogP contribution < -0.4 is 10.5 Å². The fraction of sp³-hybridized carbons (Fsp3) is 0.350. The summed E-state index contributed by atoms with van der Waals surface area (Å²) in [6.45, 7) is 8.04. The summed E-state index contributed by atoms with van der Waals surface area (Å²) in [6, 6.07) is 12.0. The number of nitrogens with zero attached hydrogens (tertiary/aromatic N) is 2. The molecule has 4 heteroatoms. The molecule has 2 N–H and O–H groups in total. The summed E-state index contributed by atoms with van der Waals surface area (Å²) in [4.78, 5) is 4.79. The van der Waals surface area contributed by atoms with Gasteiger partial charge in [0.2, 0.25) is 0 Å². The summed E-state index contributed by atoms with van der Waals surface area (Å²) in [5.41, 5.74) is 11.4. The Morgan fingerprint density at radius 2 is 1.79 bits per heavy atom. The third kappa shape index (κ3) is 3.37. The maximum Gasteiger partial charge on any atom is 0.119 e.